The van der Waals surface area contributed by atoms with E-state index >= 15 is 0 Å². The number of nitrogens with two attached hydrogens (primary N) is 1. The van der Waals surface area contributed by atoms with Crippen LogP contribution < -0.4 is 15.2 Å². The van der Waals surface area contributed by atoms with Gasteiger partial charge in [-0.15, -0.1) is 0 Å². The molecule has 0 atom stereocenters. The summed E-state index contributed by atoms with van der Waals surface area (Å²) in [5.41, 5.74) is 6.23. The molecule has 0 unspecified atom stereocenters. The minimum Gasteiger partial charge on any atom is -0.487 e. The Morgan fingerprint density at radius 3 is 2.65 bits per heavy atom. The zero-order chi connectivity index (χ0) is 12.1. The Morgan fingerprint density at radius 2 is 1.94 bits per heavy atom. The van der Waals surface area contributed by atoms with Crippen LogP contribution >= 0.6 is 0 Å². The zero-order valence-electron chi connectivity index (χ0n) is 9.46. The molecular weight excluding hydrogens is 218 g/mol. The van der Waals surface area contributed by atoms with E-state index in [4.69, 9.17) is 15.2 Å². The molecule has 0 bridgehead atoms. The molecule has 0 saturated carbocycles. The van der Waals surface area contributed by atoms with Crippen molar-refractivity contribution in [1.82, 2.24) is 9.97 Å². The lowest BCUT2D eigenvalue weighted by molar-refractivity contribution is 0.299. The van der Waals surface area contributed by atoms with Gasteiger partial charge in [0.1, 0.15) is 12.4 Å². The summed E-state index contributed by atoms with van der Waals surface area (Å²) >= 11 is 0. The molecule has 0 spiro atoms. The summed E-state index contributed by atoms with van der Waals surface area (Å²) < 4.78 is 10.5. The van der Waals surface area contributed by atoms with Crippen molar-refractivity contribution in [3.8, 4) is 11.6 Å². The Bertz CT molecular complexity index is 488. The van der Waals surface area contributed by atoms with Crippen LogP contribution in [-0.4, -0.2) is 17.1 Å². The first kappa shape index (κ1) is 11.2. The predicted octanol–water partition coefficient (Wildman–Crippen LogP) is 1.65. The first-order valence-electron chi connectivity index (χ1n) is 5.13. The van der Waals surface area contributed by atoms with Gasteiger partial charge in [0.2, 0.25) is 11.8 Å². The zero-order valence-corrected chi connectivity index (χ0v) is 9.46. The summed E-state index contributed by atoms with van der Waals surface area (Å²) in [6.45, 7) is 0.326. The largest absolute Gasteiger partial charge is 0.487 e. The molecule has 0 radical (unpaired) electrons. The maximum Gasteiger partial charge on any atom is 0.223 e. The van der Waals surface area contributed by atoms with Crippen LogP contribution in [0.25, 0.3) is 0 Å². The van der Waals surface area contributed by atoms with E-state index in [9.17, 15) is 0 Å². The maximum atomic E-state index is 5.55. The van der Waals surface area contributed by atoms with Crippen molar-refractivity contribution < 1.29 is 9.47 Å². The summed E-state index contributed by atoms with van der Waals surface area (Å²) in [4.78, 5) is 7.95. The Balaban J connectivity index is 2.06. The topological polar surface area (TPSA) is 70.3 Å². The Hall–Kier alpha value is -2.30. The highest BCUT2D eigenvalue weighted by atomic mass is 16.5. The van der Waals surface area contributed by atoms with Gasteiger partial charge in [0.05, 0.1) is 12.8 Å². The number of rotatable bonds is 4. The molecule has 0 fully saturated rings. The lowest BCUT2D eigenvalue weighted by Gasteiger charge is -2.07. The highest BCUT2D eigenvalue weighted by Crippen LogP contribution is 2.14. The molecule has 2 aromatic rings. The smallest absolute Gasteiger partial charge is 0.223 e. The number of hydrogen-bond acceptors (Lipinski definition) is 5. The molecule has 1 aromatic heterocycles. The summed E-state index contributed by atoms with van der Waals surface area (Å²) in [6.07, 6.45) is 0. The Morgan fingerprint density at radius 1 is 1.18 bits per heavy atom. The van der Waals surface area contributed by atoms with Crippen LogP contribution in [-0.2, 0) is 6.61 Å². The van der Waals surface area contributed by atoms with Crippen molar-refractivity contribution in [2.45, 2.75) is 6.61 Å². The van der Waals surface area contributed by atoms with Gasteiger partial charge < -0.3 is 15.2 Å². The number of nitrogens with zero attached hydrogens (tertiary/aromatic N) is 2. The minimum atomic E-state index is 0.177. The third-order valence-electron chi connectivity index (χ3n) is 2.11. The van der Waals surface area contributed by atoms with Crippen LogP contribution in [0.3, 0.4) is 0 Å². The van der Waals surface area contributed by atoms with Gasteiger partial charge >= 0.3 is 0 Å². The summed E-state index contributed by atoms with van der Waals surface area (Å²) in [5, 5.41) is 0. The van der Waals surface area contributed by atoms with Crippen molar-refractivity contribution >= 4 is 5.95 Å². The molecule has 2 N–H and O–H groups in total. The lowest BCUT2D eigenvalue weighted by atomic mass is 10.3. The van der Waals surface area contributed by atoms with E-state index < -0.39 is 0 Å². The van der Waals surface area contributed by atoms with Crippen LogP contribution in [0.2, 0.25) is 0 Å². The number of hydrogen-bond donors (Lipinski definition) is 1. The molecule has 5 heteroatoms. The highest BCUT2D eigenvalue weighted by molar-refractivity contribution is 5.26. The van der Waals surface area contributed by atoms with Crippen molar-refractivity contribution in [2.75, 3.05) is 12.8 Å². The number of ether oxygens (including phenoxy) is 2. The standard InChI is InChI=1S/C12H13N3O2/c1-16-11-7-9(14-12(13)15-11)8-17-10-5-3-2-4-6-10/h2-7H,8H2,1H3,(H2,13,14,15). The molecule has 1 heterocycles. The number of benzene rings is 1. The van der Waals surface area contributed by atoms with E-state index in [-0.39, 0.29) is 5.95 Å². The number of methoxy groups -OCH3 is 1. The normalized spacial score (nSPS) is 9.94. The van der Waals surface area contributed by atoms with Crippen LogP contribution in [0.15, 0.2) is 36.4 Å². The molecular formula is C12H13N3O2. The quantitative estimate of drug-likeness (QED) is 0.866. The molecule has 88 valence electrons. The molecule has 17 heavy (non-hydrogen) atoms. The first-order chi connectivity index (χ1) is 8.28. The average Bonchev–Trinajstić information content (AvgIpc) is 2.37. The van der Waals surface area contributed by atoms with Crippen molar-refractivity contribution in [3.63, 3.8) is 0 Å². The van der Waals surface area contributed by atoms with Crippen LogP contribution in [0.1, 0.15) is 5.69 Å². The van der Waals surface area contributed by atoms with E-state index in [0.717, 1.165) is 5.75 Å². The molecule has 0 aliphatic carbocycles. The van der Waals surface area contributed by atoms with E-state index in [1.807, 2.05) is 30.3 Å². The maximum absolute atomic E-state index is 5.55. The predicted molar refractivity (Wildman–Crippen MR) is 63.8 cm³/mol. The molecule has 5 nitrogen and oxygen atoms in total. The van der Waals surface area contributed by atoms with Gasteiger partial charge in [-0.25, -0.2) is 4.98 Å². The third kappa shape index (κ3) is 3.07. The number of para-hydroxylation sites is 1. The summed E-state index contributed by atoms with van der Waals surface area (Å²) in [5.74, 6) is 1.39. The van der Waals surface area contributed by atoms with E-state index in [2.05, 4.69) is 9.97 Å². The second-order valence-corrected chi connectivity index (χ2v) is 3.36. The van der Waals surface area contributed by atoms with Gasteiger partial charge in [-0.1, -0.05) is 18.2 Å². The van der Waals surface area contributed by atoms with Crippen LogP contribution in [0.5, 0.6) is 11.6 Å². The van der Waals surface area contributed by atoms with Gasteiger partial charge in [-0.05, 0) is 12.1 Å². The molecule has 2 rings (SSSR count). The third-order valence-corrected chi connectivity index (χ3v) is 2.11. The average molecular weight is 231 g/mol. The second-order valence-electron chi connectivity index (χ2n) is 3.36. The molecule has 0 saturated heterocycles. The van der Waals surface area contributed by atoms with E-state index in [0.29, 0.717) is 18.2 Å². The van der Waals surface area contributed by atoms with Gasteiger partial charge in [-0.3, -0.25) is 0 Å². The molecule has 1 aromatic carbocycles. The van der Waals surface area contributed by atoms with Gasteiger partial charge in [0.25, 0.3) is 0 Å². The highest BCUT2D eigenvalue weighted by Gasteiger charge is 2.03. The van der Waals surface area contributed by atoms with E-state index in [1.54, 1.807) is 6.07 Å². The first-order valence-corrected chi connectivity index (χ1v) is 5.13. The fourth-order valence-corrected chi connectivity index (χ4v) is 1.34. The Kier molecular flexibility index (Phi) is 3.40. The van der Waals surface area contributed by atoms with Gasteiger partial charge in [-0.2, -0.15) is 4.98 Å². The van der Waals surface area contributed by atoms with Crippen LogP contribution in [0.4, 0.5) is 5.95 Å². The van der Waals surface area contributed by atoms with Crippen molar-refractivity contribution in [1.29, 1.82) is 0 Å². The monoisotopic (exact) mass is 231 g/mol. The van der Waals surface area contributed by atoms with Crippen LogP contribution in [0, 0.1) is 0 Å². The minimum absolute atomic E-state index is 0.177. The number of nitrogen functional groups attached to an aromatic ring is 1. The van der Waals surface area contributed by atoms with Gasteiger partial charge in [0.15, 0.2) is 0 Å². The molecule has 0 aliphatic rings. The van der Waals surface area contributed by atoms with Crippen molar-refractivity contribution in [2.24, 2.45) is 0 Å². The molecule has 0 aliphatic heterocycles. The molecule has 0 amide bonds. The summed E-state index contributed by atoms with van der Waals surface area (Å²) in [6, 6.07) is 11.2. The second kappa shape index (κ2) is 5.16. The number of aromatic nitrogens is 2. The lowest BCUT2D eigenvalue weighted by Crippen LogP contribution is -2.04. The number of anilines is 1. The summed E-state index contributed by atoms with van der Waals surface area (Å²) in [7, 11) is 1.53. The fourth-order valence-electron chi connectivity index (χ4n) is 1.34. The van der Waals surface area contributed by atoms with Crippen molar-refractivity contribution in [3.05, 3.63) is 42.1 Å². The Labute approximate surface area is 99.2 Å². The SMILES string of the molecule is COc1cc(COc2ccccc2)nc(N)n1. The van der Waals surface area contributed by atoms with E-state index in [1.165, 1.54) is 7.11 Å². The fraction of sp³-hybridized carbons (Fsp3) is 0.167. The van der Waals surface area contributed by atoms with Gasteiger partial charge in [0, 0.05) is 6.07 Å².